The zero-order valence-electron chi connectivity index (χ0n) is 14.6. The average molecular weight is 340 g/mol. The molecule has 0 unspecified atom stereocenters. The third-order valence-electron chi connectivity index (χ3n) is 5.34. The zero-order chi connectivity index (χ0) is 17.1. The number of rotatable bonds is 6. The summed E-state index contributed by atoms with van der Waals surface area (Å²) in [4.78, 5) is 6.62. The van der Waals surface area contributed by atoms with Gasteiger partial charge in [-0.2, -0.15) is 0 Å². The maximum absolute atomic E-state index is 6.04. The minimum atomic E-state index is 0.0673. The molecule has 4 rings (SSSR count). The van der Waals surface area contributed by atoms with Crippen LogP contribution in [-0.2, 0) is 11.3 Å². The smallest absolute Gasteiger partial charge is 0.137 e. The van der Waals surface area contributed by atoms with E-state index in [0.29, 0.717) is 12.5 Å². The van der Waals surface area contributed by atoms with E-state index < -0.39 is 0 Å². The number of likely N-dealkylation sites (tertiary alicyclic amines) is 1. The molecule has 0 N–H and O–H groups in total. The normalized spacial score (nSPS) is 25.7. The molecule has 2 fully saturated rings. The van der Waals surface area contributed by atoms with Gasteiger partial charge in [-0.25, -0.2) is 0 Å². The maximum Gasteiger partial charge on any atom is 0.137 e. The first-order valence-corrected chi connectivity index (χ1v) is 8.74. The van der Waals surface area contributed by atoms with Gasteiger partial charge in [0.05, 0.1) is 33.1 Å². The molecule has 5 heteroatoms. The molecule has 0 saturated carbocycles. The molecule has 2 aliphatic rings. The Morgan fingerprint density at radius 2 is 2.20 bits per heavy atom. The van der Waals surface area contributed by atoms with Crippen LogP contribution in [0.2, 0.25) is 0 Å². The van der Waals surface area contributed by atoms with Gasteiger partial charge in [0, 0.05) is 42.7 Å². The van der Waals surface area contributed by atoms with E-state index in [0.717, 1.165) is 44.3 Å². The van der Waals surface area contributed by atoms with Crippen LogP contribution in [0.1, 0.15) is 5.56 Å². The third kappa shape index (κ3) is 3.34. The number of para-hydroxylation sites is 1. The highest BCUT2D eigenvalue weighted by atomic mass is 16.5. The molecule has 25 heavy (non-hydrogen) atoms. The molecule has 0 radical (unpaired) electrons. The first kappa shape index (κ1) is 16.4. The Balaban J connectivity index is 1.44. The van der Waals surface area contributed by atoms with E-state index in [1.807, 2.05) is 24.3 Å². The SMILES string of the molecule is COc1ccccc1CN1C[C@@H]2COC[C@]2(COc2cccnc2)C1. The summed E-state index contributed by atoms with van der Waals surface area (Å²) < 4.78 is 17.3. The number of nitrogens with zero attached hydrogens (tertiary/aromatic N) is 2. The molecule has 5 nitrogen and oxygen atoms in total. The second kappa shape index (κ2) is 7.02. The summed E-state index contributed by atoms with van der Waals surface area (Å²) in [5.41, 5.74) is 1.30. The molecule has 2 atom stereocenters. The molecule has 0 bridgehead atoms. The fourth-order valence-electron chi connectivity index (χ4n) is 4.00. The Labute approximate surface area is 148 Å². The molecular formula is C20H24N2O3. The first-order valence-electron chi connectivity index (χ1n) is 8.74. The highest BCUT2D eigenvalue weighted by Gasteiger charge is 2.51. The van der Waals surface area contributed by atoms with Crippen LogP contribution in [0, 0.1) is 11.3 Å². The molecule has 1 aromatic heterocycles. The molecule has 132 valence electrons. The monoisotopic (exact) mass is 340 g/mol. The molecule has 0 aliphatic carbocycles. The molecule has 3 heterocycles. The van der Waals surface area contributed by atoms with Crippen LogP contribution >= 0.6 is 0 Å². The lowest BCUT2D eigenvalue weighted by Gasteiger charge is -2.27. The van der Waals surface area contributed by atoms with Gasteiger partial charge < -0.3 is 14.2 Å². The highest BCUT2D eigenvalue weighted by molar-refractivity contribution is 5.33. The van der Waals surface area contributed by atoms with Crippen molar-refractivity contribution in [3.8, 4) is 11.5 Å². The van der Waals surface area contributed by atoms with Crippen molar-refractivity contribution < 1.29 is 14.2 Å². The van der Waals surface area contributed by atoms with Gasteiger partial charge in [0.2, 0.25) is 0 Å². The van der Waals surface area contributed by atoms with E-state index >= 15 is 0 Å². The third-order valence-corrected chi connectivity index (χ3v) is 5.34. The number of aromatic nitrogens is 1. The Kier molecular flexibility index (Phi) is 4.59. The van der Waals surface area contributed by atoms with Crippen LogP contribution in [0.3, 0.4) is 0 Å². The van der Waals surface area contributed by atoms with Crippen molar-refractivity contribution in [1.82, 2.24) is 9.88 Å². The predicted octanol–water partition coefficient (Wildman–Crippen LogP) is 2.62. The van der Waals surface area contributed by atoms with E-state index in [2.05, 4.69) is 22.0 Å². The molecule has 2 aliphatic heterocycles. The fourth-order valence-corrected chi connectivity index (χ4v) is 4.00. The van der Waals surface area contributed by atoms with E-state index in [-0.39, 0.29) is 5.41 Å². The number of pyridine rings is 1. The first-order chi connectivity index (χ1) is 12.3. The highest BCUT2D eigenvalue weighted by Crippen LogP contribution is 2.42. The quantitative estimate of drug-likeness (QED) is 0.809. The Bertz CT molecular complexity index is 709. The number of benzene rings is 1. The van der Waals surface area contributed by atoms with Crippen LogP contribution in [0.15, 0.2) is 48.8 Å². The largest absolute Gasteiger partial charge is 0.496 e. The lowest BCUT2D eigenvalue weighted by atomic mass is 9.82. The van der Waals surface area contributed by atoms with Crippen molar-refractivity contribution in [2.24, 2.45) is 11.3 Å². The van der Waals surface area contributed by atoms with E-state index in [1.165, 1.54) is 5.56 Å². The molecule has 1 aromatic carbocycles. The number of hydrogen-bond donors (Lipinski definition) is 0. The van der Waals surface area contributed by atoms with Crippen molar-refractivity contribution in [1.29, 1.82) is 0 Å². The van der Waals surface area contributed by atoms with Crippen LogP contribution in [0.4, 0.5) is 0 Å². The summed E-state index contributed by atoms with van der Waals surface area (Å²) in [5, 5.41) is 0. The summed E-state index contributed by atoms with van der Waals surface area (Å²) in [7, 11) is 1.73. The van der Waals surface area contributed by atoms with Crippen molar-refractivity contribution in [3.05, 3.63) is 54.4 Å². The van der Waals surface area contributed by atoms with Crippen LogP contribution in [-0.4, -0.2) is 49.9 Å². The van der Waals surface area contributed by atoms with Crippen LogP contribution < -0.4 is 9.47 Å². The zero-order valence-corrected chi connectivity index (χ0v) is 14.6. The minimum Gasteiger partial charge on any atom is -0.496 e. The van der Waals surface area contributed by atoms with Crippen LogP contribution in [0.5, 0.6) is 11.5 Å². The van der Waals surface area contributed by atoms with Gasteiger partial charge in [-0.1, -0.05) is 18.2 Å². The van der Waals surface area contributed by atoms with Crippen molar-refractivity contribution in [3.63, 3.8) is 0 Å². The number of methoxy groups -OCH3 is 1. The van der Waals surface area contributed by atoms with Crippen molar-refractivity contribution in [2.45, 2.75) is 6.54 Å². The number of ether oxygens (including phenoxy) is 3. The van der Waals surface area contributed by atoms with Crippen molar-refractivity contribution in [2.75, 3.05) is 40.0 Å². The maximum atomic E-state index is 6.04. The van der Waals surface area contributed by atoms with Gasteiger partial charge >= 0.3 is 0 Å². The summed E-state index contributed by atoms with van der Waals surface area (Å²) in [5.74, 6) is 2.29. The Morgan fingerprint density at radius 3 is 3.04 bits per heavy atom. The van der Waals surface area contributed by atoms with E-state index in [9.17, 15) is 0 Å². The molecule has 0 spiro atoms. The Morgan fingerprint density at radius 1 is 1.28 bits per heavy atom. The molecule has 2 saturated heterocycles. The summed E-state index contributed by atoms with van der Waals surface area (Å²) in [6.45, 7) is 5.17. The fraction of sp³-hybridized carbons (Fsp3) is 0.450. The number of fused-ring (bicyclic) bond motifs is 1. The topological polar surface area (TPSA) is 43.8 Å². The molecular weight excluding hydrogens is 316 g/mol. The summed E-state index contributed by atoms with van der Waals surface area (Å²) in [6, 6.07) is 12.1. The standard InChI is InChI=1S/C20H24N2O3/c1-23-19-7-3-2-5-16(19)10-22-11-17-12-24-14-20(17,13-22)15-25-18-6-4-8-21-9-18/h2-9,17H,10-15H2,1H3/t17-,20+/m1/s1. The van der Waals surface area contributed by atoms with Crippen LogP contribution in [0.25, 0.3) is 0 Å². The average Bonchev–Trinajstić information content (AvgIpc) is 3.18. The minimum absolute atomic E-state index is 0.0673. The lowest BCUT2D eigenvalue weighted by Crippen LogP contribution is -2.36. The second-order valence-electron chi connectivity index (χ2n) is 7.03. The summed E-state index contributed by atoms with van der Waals surface area (Å²) >= 11 is 0. The number of hydrogen-bond acceptors (Lipinski definition) is 5. The van der Waals surface area contributed by atoms with Gasteiger partial charge in [-0.05, 0) is 18.2 Å². The van der Waals surface area contributed by atoms with Crippen molar-refractivity contribution >= 4 is 0 Å². The molecule has 2 aromatic rings. The van der Waals surface area contributed by atoms with Gasteiger partial charge in [-0.3, -0.25) is 9.88 Å². The Hall–Kier alpha value is -2.11. The lowest BCUT2D eigenvalue weighted by molar-refractivity contribution is 0.0897. The summed E-state index contributed by atoms with van der Waals surface area (Å²) in [6.07, 6.45) is 3.53. The van der Waals surface area contributed by atoms with E-state index in [1.54, 1.807) is 19.5 Å². The van der Waals surface area contributed by atoms with E-state index in [4.69, 9.17) is 14.2 Å². The molecule has 0 amide bonds. The van der Waals surface area contributed by atoms with Gasteiger partial charge in [0.15, 0.2) is 0 Å². The van der Waals surface area contributed by atoms with Gasteiger partial charge in [0.1, 0.15) is 11.5 Å². The second-order valence-corrected chi connectivity index (χ2v) is 7.03. The van der Waals surface area contributed by atoms with Gasteiger partial charge in [-0.15, -0.1) is 0 Å². The van der Waals surface area contributed by atoms with Gasteiger partial charge in [0.25, 0.3) is 0 Å². The predicted molar refractivity (Wildman–Crippen MR) is 94.7 cm³/mol.